The molecule has 1 aliphatic heterocycles. The monoisotopic (exact) mass is 265 g/mol. The van der Waals surface area contributed by atoms with Gasteiger partial charge in [0.15, 0.2) is 0 Å². The molecule has 5 heteroatoms. The van der Waals surface area contributed by atoms with Crippen molar-refractivity contribution in [2.24, 2.45) is 0 Å². The van der Waals surface area contributed by atoms with Gasteiger partial charge in [-0.3, -0.25) is 0 Å². The number of hydrogen-bond acceptors (Lipinski definition) is 5. The molecule has 0 saturated carbocycles. The number of benzene rings is 1. The zero-order valence-electron chi connectivity index (χ0n) is 11.3. The van der Waals surface area contributed by atoms with Crippen molar-refractivity contribution < 1.29 is 19.0 Å². The van der Waals surface area contributed by atoms with Gasteiger partial charge in [0.25, 0.3) is 0 Å². The van der Waals surface area contributed by atoms with E-state index in [0.29, 0.717) is 24.5 Å². The van der Waals surface area contributed by atoms with Crippen LogP contribution >= 0.6 is 0 Å². The van der Waals surface area contributed by atoms with Gasteiger partial charge in [0.2, 0.25) is 6.29 Å². The Morgan fingerprint density at radius 3 is 3.11 bits per heavy atom. The molecule has 1 atom stereocenters. The molecule has 104 valence electrons. The van der Waals surface area contributed by atoms with Gasteiger partial charge < -0.3 is 19.5 Å². The van der Waals surface area contributed by atoms with E-state index in [0.717, 1.165) is 18.5 Å². The zero-order chi connectivity index (χ0) is 13.7. The van der Waals surface area contributed by atoms with Gasteiger partial charge in [0.1, 0.15) is 5.75 Å². The van der Waals surface area contributed by atoms with Crippen molar-refractivity contribution in [3.63, 3.8) is 0 Å². The summed E-state index contributed by atoms with van der Waals surface area (Å²) in [5, 5.41) is 3.20. The highest BCUT2D eigenvalue weighted by Gasteiger charge is 2.20. The summed E-state index contributed by atoms with van der Waals surface area (Å²) in [5.74, 6) is 0.339. The van der Waals surface area contributed by atoms with Gasteiger partial charge in [0, 0.05) is 0 Å². The standard InChI is InChI=1S/C14H19NO4/c1-3-4-7-18-13-9-15-11-8-10(14(16)17-2)5-6-12(11)19-13/h5-6,8,13,15H,3-4,7,9H2,1-2H3. The quantitative estimate of drug-likeness (QED) is 0.654. The molecule has 0 fully saturated rings. The molecule has 0 aromatic heterocycles. The van der Waals surface area contributed by atoms with Crippen LogP contribution in [-0.4, -0.2) is 32.5 Å². The Bertz CT molecular complexity index is 447. The van der Waals surface area contributed by atoms with E-state index in [2.05, 4.69) is 17.0 Å². The minimum atomic E-state index is -0.356. The van der Waals surface area contributed by atoms with Gasteiger partial charge in [-0.05, 0) is 24.6 Å². The van der Waals surface area contributed by atoms with Crippen molar-refractivity contribution >= 4 is 11.7 Å². The molecule has 5 nitrogen and oxygen atoms in total. The smallest absolute Gasteiger partial charge is 0.337 e. The Balaban J connectivity index is 2.00. The number of hydrogen-bond donors (Lipinski definition) is 1. The number of anilines is 1. The molecule has 1 aromatic rings. The van der Waals surface area contributed by atoms with Gasteiger partial charge >= 0.3 is 5.97 Å². The molecule has 1 unspecified atom stereocenters. The second-order valence-corrected chi connectivity index (χ2v) is 4.36. The maximum atomic E-state index is 11.4. The van der Waals surface area contributed by atoms with Crippen molar-refractivity contribution in [1.82, 2.24) is 0 Å². The Morgan fingerprint density at radius 2 is 2.37 bits per heavy atom. The molecule has 2 rings (SSSR count). The Labute approximate surface area is 112 Å². The highest BCUT2D eigenvalue weighted by Crippen LogP contribution is 2.30. The molecule has 0 radical (unpaired) electrons. The third-order valence-electron chi connectivity index (χ3n) is 2.92. The number of carbonyl (C=O) groups is 1. The number of esters is 1. The van der Waals surface area contributed by atoms with E-state index >= 15 is 0 Å². The van der Waals surface area contributed by atoms with Crippen LogP contribution in [0.3, 0.4) is 0 Å². The predicted molar refractivity (Wildman–Crippen MR) is 71.5 cm³/mol. The molecule has 1 aromatic carbocycles. The largest absolute Gasteiger partial charge is 0.465 e. The van der Waals surface area contributed by atoms with Crippen LogP contribution in [0, 0.1) is 0 Å². The van der Waals surface area contributed by atoms with Crippen molar-refractivity contribution in [2.75, 3.05) is 25.6 Å². The number of nitrogens with one attached hydrogen (secondary N) is 1. The molecule has 1 heterocycles. The van der Waals surface area contributed by atoms with Crippen LogP contribution in [0.1, 0.15) is 30.1 Å². The summed E-state index contributed by atoms with van der Waals surface area (Å²) in [6.07, 6.45) is 1.84. The van der Waals surface area contributed by atoms with E-state index in [1.807, 2.05) is 0 Å². The summed E-state index contributed by atoms with van der Waals surface area (Å²) in [4.78, 5) is 11.4. The summed E-state index contributed by atoms with van der Waals surface area (Å²) in [7, 11) is 1.36. The van der Waals surface area contributed by atoms with Crippen molar-refractivity contribution in [3.05, 3.63) is 23.8 Å². The number of methoxy groups -OCH3 is 1. The summed E-state index contributed by atoms with van der Waals surface area (Å²) in [6, 6.07) is 5.16. The summed E-state index contributed by atoms with van der Waals surface area (Å²) in [5.41, 5.74) is 1.29. The van der Waals surface area contributed by atoms with Crippen LogP contribution < -0.4 is 10.1 Å². The molecular formula is C14H19NO4. The molecule has 0 spiro atoms. The third-order valence-corrected chi connectivity index (χ3v) is 2.92. The molecule has 1 aliphatic rings. The van der Waals surface area contributed by atoms with E-state index in [-0.39, 0.29) is 12.3 Å². The molecular weight excluding hydrogens is 246 g/mol. The summed E-state index contributed by atoms with van der Waals surface area (Å²) < 4.78 is 16.0. The average Bonchev–Trinajstić information content (AvgIpc) is 2.46. The summed E-state index contributed by atoms with van der Waals surface area (Å²) in [6.45, 7) is 3.38. The van der Waals surface area contributed by atoms with E-state index in [9.17, 15) is 4.79 Å². The second kappa shape index (κ2) is 6.43. The topological polar surface area (TPSA) is 56.8 Å². The van der Waals surface area contributed by atoms with Gasteiger partial charge in [-0.25, -0.2) is 4.79 Å². The minimum absolute atomic E-state index is 0.275. The lowest BCUT2D eigenvalue weighted by molar-refractivity contribution is -0.0744. The number of unbranched alkanes of at least 4 members (excludes halogenated alkanes) is 1. The van der Waals surface area contributed by atoms with E-state index < -0.39 is 0 Å². The summed E-state index contributed by atoms with van der Waals surface area (Å²) >= 11 is 0. The number of ether oxygens (including phenoxy) is 3. The first-order valence-corrected chi connectivity index (χ1v) is 6.49. The van der Waals surface area contributed by atoms with Gasteiger partial charge in [0.05, 0.1) is 31.5 Å². The fourth-order valence-electron chi connectivity index (χ4n) is 1.84. The van der Waals surface area contributed by atoms with Crippen LogP contribution in [0.5, 0.6) is 5.75 Å². The maximum Gasteiger partial charge on any atom is 0.337 e. The first-order valence-electron chi connectivity index (χ1n) is 6.49. The Morgan fingerprint density at radius 1 is 1.53 bits per heavy atom. The highest BCUT2D eigenvalue weighted by molar-refractivity contribution is 5.91. The normalized spacial score (nSPS) is 17.1. The SMILES string of the molecule is CCCCOC1CNc2cc(C(=O)OC)ccc2O1. The van der Waals surface area contributed by atoms with Gasteiger partial charge in [-0.2, -0.15) is 0 Å². The lowest BCUT2D eigenvalue weighted by Gasteiger charge is -2.27. The van der Waals surface area contributed by atoms with Gasteiger partial charge in [-0.15, -0.1) is 0 Å². The average molecular weight is 265 g/mol. The van der Waals surface area contributed by atoms with Crippen LogP contribution in [0.4, 0.5) is 5.69 Å². The fraction of sp³-hybridized carbons (Fsp3) is 0.500. The predicted octanol–water partition coefficient (Wildman–Crippen LogP) is 2.42. The van der Waals surface area contributed by atoms with E-state index in [1.165, 1.54) is 7.11 Å². The number of rotatable bonds is 5. The third kappa shape index (κ3) is 3.38. The molecule has 0 aliphatic carbocycles. The first kappa shape index (κ1) is 13.7. The van der Waals surface area contributed by atoms with Crippen LogP contribution in [-0.2, 0) is 9.47 Å². The second-order valence-electron chi connectivity index (χ2n) is 4.36. The van der Waals surface area contributed by atoms with E-state index in [4.69, 9.17) is 9.47 Å². The molecule has 0 saturated heterocycles. The number of fused-ring (bicyclic) bond motifs is 1. The molecule has 0 bridgehead atoms. The van der Waals surface area contributed by atoms with Crippen LogP contribution in [0.25, 0.3) is 0 Å². The van der Waals surface area contributed by atoms with Crippen LogP contribution in [0.15, 0.2) is 18.2 Å². The van der Waals surface area contributed by atoms with Crippen molar-refractivity contribution in [3.8, 4) is 5.75 Å². The first-order chi connectivity index (χ1) is 9.24. The minimum Gasteiger partial charge on any atom is -0.465 e. The Kier molecular flexibility index (Phi) is 4.63. The van der Waals surface area contributed by atoms with Crippen molar-refractivity contribution in [2.45, 2.75) is 26.1 Å². The highest BCUT2D eigenvalue weighted by atomic mass is 16.7. The Hall–Kier alpha value is -1.75. The van der Waals surface area contributed by atoms with Crippen molar-refractivity contribution in [1.29, 1.82) is 0 Å². The van der Waals surface area contributed by atoms with Gasteiger partial charge in [-0.1, -0.05) is 13.3 Å². The lowest BCUT2D eigenvalue weighted by Crippen LogP contribution is -2.33. The lowest BCUT2D eigenvalue weighted by atomic mass is 10.1. The zero-order valence-corrected chi connectivity index (χ0v) is 11.3. The molecule has 0 amide bonds. The maximum absolute atomic E-state index is 11.4. The van der Waals surface area contributed by atoms with Crippen LogP contribution in [0.2, 0.25) is 0 Å². The molecule has 19 heavy (non-hydrogen) atoms. The molecule has 1 N–H and O–H groups in total. The van der Waals surface area contributed by atoms with E-state index in [1.54, 1.807) is 18.2 Å². The number of carbonyl (C=O) groups excluding carboxylic acids is 1. The fourth-order valence-corrected chi connectivity index (χ4v) is 1.84.